The summed E-state index contributed by atoms with van der Waals surface area (Å²) >= 11 is 0. The van der Waals surface area contributed by atoms with Gasteiger partial charge in [-0.2, -0.15) is 0 Å². The van der Waals surface area contributed by atoms with Gasteiger partial charge in [-0.1, -0.05) is 6.07 Å². The van der Waals surface area contributed by atoms with Crippen molar-refractivity contribution < 1.29 is 14.2 Å². The highest BCUT2D eigenvalue weighted by molar-refractivity contribution is 5.51. The van der Waals surface area contributed by atoms with Gasteiger partial charge in [0.2, 0.25) is 0 Å². The van der Waals surface area contributed by atoms with Crippen LogP contribution in [0.15, 0.2) is 12.1 Å². The van der Waals surface area contributed by atoms with Crippen molar-refractivity contribution in [3.05, 3.63) is 23.3 Å². The van der Waals surface area contributed by atoms with E-state index in [1.54, 1.807) is 0 Å². The average molecular weight is 237 g/mol. The van der Waals surface area contributed by atoms with Crippen LogP contribution in [0.4, 0.5) is 0 Å². The summed E-state index contributed by atoms with van der Waals surface area (Å²) in [6.07, 6.45) is 0.978. The molecule has 0 saturated heterocycles. The standard InChI is InChI=1S/C11H12O3.C2H7N/c1-2-10-11(14-6-5-13-10)9-7-12-4-3-8(1)9;1-3-2/h1-2H,3-7H2;3H,1-2H3. The lowest BCUT2D eigenvalue weighted by molar-refractivity contribution is 0.102. The molecule has 0 atom stereocenters. The molecule has 1 N–H and O–H groups in total. The zero-order valence-electron chi connectivity index (χ0n) is 10.4. The van der Waals surface area contributed by atoms with Crippen molar-refractivity contribution in [2.24, 2.45) is 0 Å². The van der Waals surface area contributed by atoms with E-state index < -0.39 is 0 Å². The molecule has 0 unspecified atom stereocenters. The second kappa shape index (κ2) is 5.89. The van der Waals surface area contributed by atoms with Gasteiger partial charge in [0.05, 0.1) is 13.2 Å². The summed E-state index contributed by atoms with van der Waals surface area (Å²) < 4.78 is 16.6. The average Bonchev–Trinajstić information content (AvgIpc) is 2.40. The van der Waals surface area contributed by atoms with Gasteiger partial charge in [0.15, 0.2) is 11.5 Å². The Morgan fingerprint density at radius 1 is 1.06 bits per heavy atom. The highest BCUT2D eigenvalue weighted by Gasteiger charge is 2.21. The number of nitrogens with one attached hydrogen (secondary N) is 1. The van der Waals surface area contributed by atoms with Crippen molar-refractivity contribution in [3.8, 4) is 11.5 Å². The van der Waals surface area contributed by atoms with Crippen molar-refractivity contribution in [2.75, 3.05) is 33.9 Å². The maximum Gasteiger partial charge on any atom is 0.167 e. The van der Waals surface area contributed by atoms with Crippen LogP contribution in [0.5, 0.6) is 11.5 Å². The zero-order chi connectivity index (χ0) is 12.1. The number of rotatable bonds is 0. The molecular weight excluding hydrogens is 218 g/mol. The van der Waals surface area contributed by atoms with Crippen LogP contribution in [-0.4, -0.2) is 33.9 Å². The zero-order valence-corrected chi connectivity index (χ0v) is 10.4. The summed E-state index contributed by atoms with van der Waals surface area (Å²) in [7, 11) is 3.75. The molecule has 3 rings (SSSR count). The molecule has 0 spiro atoms. The lowest BCUT2D eigenvalue weighted by Crippen LogP contribution is -2.19. The fourth-order valence-electron chi connectivity index (χ4n) is 1.96. The van der Waals surface area contributed by atoms with Gasteiger partial charge < -0.3 is 19.5 Å². The first-order valence-corrected chi connectivity index (χ1v) is 5.93. The minimum atomic E-state index is 0.642. The Morgan fingerprint density at radius 2 is 1.82 bits per heavy atom. The van der Waals surface area contributed by atoms with Crippen molar-refractivity contribution in [2.45, 2.75) is 13.0 Å². The quantitative estimate of drug-likeness (QED) is 0.739. The maximum atomic E-state index is 5.62. The number of hydrogen-bond donors (Lipinski definition) is 1. The van der Waals surface area contributed by atoms with E-state index in [0.29, 0.717) is 19.8 Å². The number of ether oxygens (including phenoxy) is 3. The van der Waals surface area contributed by atoms with Crippen LogP contribution in [0.2, 0.25) is 0 Å². The van der Waals surface area contributed by atoms with Crippen LogP contribution in [0.3, 0.4) is 0 Å². The van der Waals surface area contributed by atoms with E-state index in [2.05, 4.69) is 11.4 Å². The van der Waals surface area contributed by atoms with Crippen molar-refractivity contribution in [1.82, 2.24) is 5.32 Å². The van der Waals surface area contributed by atoms with Crippen LogP contribution < -0.4 is 14.8 Å². The first-order valence-electron chi connectivity index (χ1n) is 5.93. The maximum absolute atomic E-state index is 5.62. The summed E-state index contributed by atoms with van der Waals surface area (Å²) in [5.41, 5.74) is 2.51. The number of benzene rings is 1. The van der Waals surface area contributed by atoms with E-state index in [9.17, 15) is 0 Å². The van der Waals surface area contributed by atoms with Crippen LogP contribution in [0.1, 0.15) is 11.1 Å². The van der Waals surface area contributed by atoms with Gasteiger partial charge in [0, 0.05) is 5.56 Å². The molecule has 1 aromatic rings. The highest BCUT2D eigenvalue weighted by Crippen LogP contribution is 2.37. The summed E-state index contributed by atoms with van der Waals surface area (Å²) in [4.78, 5) is 0. The van der Waals surface area contributed by atoms with Crippen LogP contribution >= 0.6 is 0 Å². The van der Waals surface area contributed by atoms with E-state index >= 15 is 0 Å². The van der Waals surface area contributed by atoms with Gasteiger partial charge in [-0.3, -0.25) is 0 Å². The molecule has 17 heavy (non-hydrogen) atoms. The molecule has 4 heteroatoms. The van der Waals surface area contributed by atoms with E-state index in [0.717, 1.165) is 24.5 Å². The molecule has 94 valence electrons. The SMILES string of the molecule is CNC.c1cc2c(c3c1CCOC3)OCCO2. The van der Waals surface area contributed by atoms with Gasteiger partial charge >= 0.3 is 0 Å². The minimum Gasteiger partial charge on any atom is -0.486 e. The third-order valence-electron chi connectivity index (χ3n) is 2.67. The fourth-order valence-corrected chi connectivity index (χ4v) is 1.96. The largest absolute Gasteiger partial charge is 0.486 e. The molecule has 4 nitrogen and oxygen atoms in total. The monoisotopic (exact) mass is 237 g/mol. The number of hydrogen-bond acceptors (Lipinski definition) is 4. The second-order valence-corrected chi connectivity index (χ2v) is 4.03. The normalized spacial score (nSPS) is 16.6. The second-order valence-electron chi connectivity index (χ2n) is 4.03. The van der Waals surface area contributed by atoms with Gasteiger partial charge in [0.1, 0.15) is 13.2 Å². The van der Waals surface area contributed by atoms with Gasteiger partial charge in [0.25, 0.3) is 0 Å². The Balaban J connectivity index is 0.000000329. The Bertz CT molecular complexity index is 344. The highest BCUT2D eigenvalue weighted by atomic mass is 16.6. The minimum absolute atomic E-state index is 0.642. The smallest absolute Gasteiger partial charge is 0.167 e. The van der Waals surface area contributed by atoms with E-state index in [1.165, 1.54) is 11.1 Å². The van der Waals surface area contributed by atoms with Crippen molar-refractivity contribution >= 4 is 0 Å². The lowest BCUT2D eigenvalue weighted by Gasteiger charge is -2.25. The molecule has 0 aromatic heterocycles. The summed E-state index contributed by atoms with van der Waals surface area (Å²) in [5.74, 6) is 1.76. The van der Waals surface area contributed by atoms with E-state index in [-0.39, 0.29) is 0 Å². The first-order chi connectivity index (χ1) is 8.36. The molecule has 0 radical (unpaired) electrons. The summed E-state index contributed by atoms with van der Waals surface area (Å²) in [6, 6.07) is 4.12. The molecule has 2 aliphatic rings. The Kier molecular flexibility index (Phi) is 4.23. The first kappa shape index (κ1) is 12.2. The third-order valence-corrected chi connectivity index (χ3v) is 2.67. The Morgan fingerprint density at radius 3 is 2.65 bits per heavy atom. The Labute approximate surface area is 102 Å². The van der Waals surface area contributed by atoms with E-state index in [4.69, 9.17) is 14.2 Å². The predicted octanol–water partition coefficient (Wildman–Crippen LogP) is 1.37. The lowest BCUT2D eigenvalue weighted by atomic mass is 10.0. The van der Waals surface area contributed by atoms with Crippen LogP contribution in [0, 0.1) is 0 Å². The molecule has 0 saturated carbocycles. The van der Waals surface area contributed by atoms with Crippen molar-refractivity contribution in [3.63, 3.8) is 0 Å². The molecule has 2 heterocycles. The van der Waals surface area contributed by atoms with Crippen molar-refractivity contribution in [1.29, 1.82) is 0 Å². The number of fused-ring (bicyclic) bond motifs is 3. The van der Waals surface area contributed by atoms with Gasteiger partial charge in [-0.25, -0.2) is 0 Å². The molecule has 0 amide bonds. The van der Waals surface area contributed by atoms with Gasteiger partial charge in [-0.05, 0) is 32.1 Å². The summed E-state index contributed by atoms with van der Waals surface area (Å²) in [5, 5.41) is 2.75. The van der Waals surface area contributed by atoms with E-state index in [1.807, 2.05) is 20.2 Å². The molecule has 0 fully saturated rings. The predicted molar refractivity (Wildman–Crippen MR) is 65.8 cm³/mol. The van der Waals surface area contributed by atoms with Gasteiger partial charge in [-0.15, -0.1) is 0 Å². The topological polar surface area (TPSA) is 39.7 Å². The van der Waals surface area contributed by atoms with Crippen LogP contribution in [0.25, 0.3) is 0 Å². The molecule has 2 aliphatic heterocycles. The molecule has 0 bridgehead atoms. The summed E-state index contributed by atoms with van der Waals surface area (Å²) in [6.45, 7) is 2.75. The molecular formula is C13H19NO3. The van der Waals surface area contributed by atoms with Crippen LogP contribution in [-0.2, 0) is 17.8 Å². The molecule has 1 aromatic carbocycles. The molecule has 0 aliphatic carbocycles. The third kappa shape index (κ3) is 2.70. The fraction of sp³-hybridized carbons (Fsp3) is 0.538. The Hall–Kier alpha value is -1.26.